The van der Waals surface area contributed by atoms with E-state index in [-0.39, 0.29) is 5.91 Å². The molecule has 0 bridgehead atoms. The van der Waals surface area contributed by atoms with E-state index in [1.165, 1.54) is 5.56 Å². The summed E-state index contributed by atoms with van der Waals surface area (Å²) in [5.74, 6) is 0.466. The van der Waals surface area contributed by atoms with Crippen LogP contribution in [0.5, 0.6) is 5.75 Å². The maximum Gasteiger partial charge on any atom is 0.248 e. The van der Waals surface area contributed by atoms with Crippen LogP contribution in [0, 0.1) is 6.92 Å². The Balaban J connectivity index is 1.52. The number of hydrogen-bond acceptors (Lipinski definition) is 4. The van der Waals surface area contributed by atoms with Gasteiger partial charge in [-0.3, -0.25) is 9.78 Å². The van der Waals surface area contributed by atoms with Crippen molar-refractivity contribution >= 4 is 39.0 Å². The first kappa shape index (κ1) is 22.4. The number of rotatable bonds is 6. The molecule has 2 heterocycles. The Morgan fingerprint density at radius 3 is 2.69 bits per heavy atom. The number of anilines is 1. The molecule has 0 unspecified atom stereocenters. The van der Waals surface area contributed by atoms with Crippen LogP contribution in [0.15, 0.2) is 89.7 Å². The van der Waals surface area contributed by atoms with Crippen LogP contribution in [0.3, 0.4) is 0 Å². The van der Waals surface area contributed by atoms with Gasteiger partial charge in [0, 0.05) is 40.2 Å². The number of carbonyl (C=O) groups is 1. The quantitative estimate of drug-likeness (QED) is 0.267. The molecule has 2 aromatic heterocycles. The van der Waals surface area contributed by atoms with Crippen LogP contribution in [0.1, 0.15) is 25.0 Å². The Bertz CT molecular complexity index is 1560. The summed E-state index contributed by atoms with van der Waals surface area (Å²) in [5.41, 5.74) is 7.23. The largest absolute Gasteiger partial charge is 0.493 e. The number of aromatic nitrogens is 1. The number of aryl methyl sites for hydroxylation is 1. The fraction of sp³-hybridized carbons (Fsp3) is 0.133. The molecule has 0 radical (unpaired) electrons. The predicted molar refractivity (Wildman–Crippen MR) is 142 cm³/mol. The summed E-state index contributed by atoms with van der Waals surface area (Å²) in [5, 5.41) is 4.87. The number of hydrogen-bond donors (Lipinski definition) is 1. The predicted octanol–water partition coefficient (Wildman–Crippen LogP) is 7.40. The third kappa shape index (κ3) is 4.53. The molecule has 0 aliphatic carbocycles. The fourth-order valence-corrected chi connectivity index (χ4v) is 4.25. The summed E-state index contributed by atoms with van der Waals surface area (Å²) in [4.78, 5) is 17.3. The zero-order valence-corrected chi connectivity index (χ0v) is 20.0. The van der Waals surface area contributed by atoms with Crippen LogP contribution in [0.25, 0.3) is 38.6 Å². The lowest BCUT2D eigenvalue weighted by atomic mass is 9.98. The molecular weight excluding hydrogens is 436 g/mol. The molecule has 35 heavy (non-hydrogen) atoms. The number of nitrogens with zero attached hydrogens (tertiary/aromatic N) is 1. The third-order valence-corrected chi connectivity index (χ3v) is 6.01. The van der Waals surface area contributed by atoms with E-state index in [2.05, 4.69) is 41.5 Å². The highest BCUT2D eigenvalue weighted by molar-refractivity contribution is 6.09. The van der Waals surface area contributed by atoms with Gasteiger partial charge >= 0.3 is 0 Å². The summed E-state index contributed by atoms with van der Waals surface area (Å²) in [6.07, 6.45) is 5.11. The summed E-state index contributed by atoms with van der Waals surface area (Å²) in [6.45, 7) is 6.43. The van der Waals surface area contributed by atoms with E-state index in [0.717, 1.165) is 49.8 Å². The number of benzene rings is 3. The van der Waals surface area contributed by atoms with Gasteiger partial charge in [-0.05, 0) is 62.2 Å². The molecule has 3 aromatic carbocycles. The normalized spacial score (nSPS) is 11.7. The Morgan fingerprint density at radius 2 is 1.89 bits per heavy atom. The number of allylic oxidation sites excluding steroid dienone is 1. The Kier molecular flexibility index (Phi) is 6.06. The molecule has 5 heteroatoms. The van der Waals surface area contributed by atoms with Crippen molar-refractivity contribution in [2.75, 3.05) is 11.9 Å². The van der Waals surface area contributed by atoms with Gasteiger partial charge in [-0.25, -0.2) is 0 Å². The molecule has 0 spiro atoms. The van der Waals surface area contributed by atoms with Gasteiger partial charge in [0.15, 0.2) is 0 Å². The van der Waals surface area contributed by atoms with Gasteiger partial charge in [0.05, 0.1) is 24.1 Å². The summed E-state index contributed by atoms with van der Waals surface area (Å²) < 4.78 is 11.8. The van der Waals surface area contributed by atoms with E-state index in [0.29, 0.717) is 12.4 Å². The first-order chi connectivity index (χ1) is 17.0. The maximum absolute atomic E-state index is 13.0. The summed E-state index contributed by atoms with van der Waals surface area (Å²) in [7, 11) is 0. The molecule has 0 fully saturated rings. The SMILES string of the molecule is CCOc1cc2occ(-c3ccc(C)cc3)c2cc1/C(C)=C/C(=O)Nc1cccc2ncccc12. The number of pyridine rings is 1. The Labute approximate surface area is 204 Å². The molecule has 0 aliphatic heterocycles. The highest BCUT2D eigenvalue weighted by Gasteiger charge is 2.15. The maximum atomic E-state index is 13.0. The number of carbonyl (C=O) groups excluding carboxylic acids is 1. The summed E-state index contributed by atoms with van der Waals surface area (Å²) in [6, 6.07) is 21.8. The lowest BCUT2D eigenvalue weighted by Crippen LogP contribution is -2.09. The van der Waals surface area contributed by atoms with Crippen molar-refractivity contribution in [3.63, 3.8) is 0 Å². The first-order valence-electron chi connectivity index (χ1n) is 11.6. The number of fused-ring (bicyclic) bond motifs is 2. The monoisotopic (exact) mass is 462 g/mol. The molecule has 5 rings (SSSR count). The molecule has 0 aliphatic rings. The van der Waals surface area contributed by atoms with Crippen molar-refractivity contribution in [1.29, 1.82) is 0 Å². The number of nitrogens with one attached hydrogen (secondary N) is 1. The molecule has 1 amide bonds. The fourth-order valence-electron chi connectivity index (χ4n) is 4.25. The molecule has 5 nitrogen and oxygen atoms in total. The lowest BCUT2D eigenvalue weighted by Gasteiger charge is -2.12. The Hall–Kier alpha value is -4.38. The molecular formula is C30H26N2O3. The highest BCUT2D eigenvalue weighted by atomic mass is 16.5. The van der Waals surface area contributed by atoms with Gasteiger partial charge in [0.2, 0.25) is 5.91 Å². The van der Waals surface area contributed by atoms with Gasteiger partial charge in [-0.1, -0.05) is 35.9 Å². The molecule has 0 saturated heterocycles. The minimum atomic E-state index is -0.215. The molecule has 174 valence electrons. The van der Waals surface area contributed by atoms with Crippen LogP contribution in [-0.4, -0.2) is 17.5 Å². The lowest BCUT2D eigenvalue weighted by molar-refractivity contribution is -0.111. The van der Waals surface area contributed by atoms with E-state index in [1.807, 2.05) is 56.3 Å². The second kappa shape index (κ2) is 9.47. The van der Waals surface area contributed by atoms with Gasteiger partial charge in [0.25, 0.3) is 0 Å². The number of furan rings is 1. The topological polar surface area (TPSA) is 64.4 Å². The van der Waals surface area contributed by atoms with Crippen LogP contribution < -0.4 is 10.1 Å². The van der Waals surface area contributed by atoms with Gasteiger partial charge in [-0.2, -0.15) is 0 Å². The minimum absolute atomic E-state index is 0.215. The molecule has 1 N–H and O–H groups in total. The molecule has 0 atom stereocenters. The zero-order chi connectivity index (χ0) is 24.4. The van der Waals surface area contributed by atoms with Crippen LogP contribution in [-0.2, 0) is 4.79 Å². The van der Waals surface area contributed by atoms with Gasteiger partial charge in [0.1, 0.15) is 11.3 Å². The van der Waals surface area contributed by atoms with Crippen molar-refractivity contribution in [3.8, 4) is 16.9 Å². The van der Waals surface area contributed by atoms with Gasteiger partial charge < -0.3 is 14.5 Å². The average Bonchev–Trinajstić information content (AvgIpc) is 3.27. The minimum Gasteiger partial charge on any atom is -0.493 e. The van der Waals surface area contributed by atoms with E-state index in [1.54, 1.807) is 18.5 Å². The second-order valence-corrected chi connectivity index (χ2v) is 8.49. The first-order valence-corrected chi connectivity index (χ1v) is 11.6. The van der Waals surface area contributed by atoms with E-state index in [9.17, 15) is 4.79 Å². The van der Waals surface area contributed by atoms with Gasteiger partial charge in [-0.15, -0.1) is 0 Å². The molecule has 0 saturated carbocycles. The van der Waals surface area contributed by atoms with E-state index in [4.69, 9.17) is 9.15 Å². The van der Waals surface area contributed by atoms with E-state index >= 15 is 0 Å². The number of ether oxygens (including phenoxy) is 1. The van der Waals surface area contributed by atoms with Crippen molar-refractivity contribution in [1.82, 2.24) is 4.98 Å². The summed E-state index contributed by atoms with van der Waals surface area (Å²) >= 11 is 0. The second-order valence-electron chi connectivity index (χ2n) is 8.49. The average molecular weight is 463 g/mol. The molecule has 5 aromatic rings. The Morgan fingerprint density at radius 1 is 1.06 bits per heavy atom. The van der Waals surface area contributed by atoms with Crippen molar-refractivity contribution in [2.45, 2.75) is 20.8 Å². The van der Waals surface area contributed by atoms with Crippen molar-refractivity contribution in [3.05, 3.63) is 96.4 Å². The standard InChI is InChI=1S/C30H26N2O3/c1-4-34-28-17-29-24(25(18-35-29)21-12-10-19(2)11-13-21)16-23(28)20(3)15-30(33)32-27-9-5-8-26-22(27)7-6-14-31-26/h5-18H,4H2,1-3H3,(H,32,33)/b20-15+. The van der Waals surface area contributed by atoms with Crippen molar-refractivity contribution in [2.24, 2.45) is 0 Å². The zero-order valence-electron chi connectivity index (χ0n) is 20.0. The van der Waals surface area contributed by atoms with Crippen LogP contribution in [0.4, 0.5) is 5.69 Å². The number of amides is 1. The smallest absolute Gasteiger partial charge is 0.248 e. The highest BCUT2D eigenvalue weighted by Crippen LogP contribution is 2.37. The third-order valence-electron chi connectivity index (χ3n) is 6.01. The van der Waals surface area contributed by atoms with Crippen LogP contribution >= 0.6 is 0 Å². The van der Waals surface area contributed by atoms with Crippen LogP contribution in [0.2, 0.25) is 0 Å². The van der Waals surface area contributed by atoms with Crippen molar-refractivity contribution < 1.29 is 13.9 Å². The van der Waals surface area contributed by atoms with E-state index < -0.39 is 0 Å².